The Morgan fingerprint density at radius 1 is 0.677 bits per heavy atom. The first-order chi connectivity index (χ1) is 15.0. The van der Waals surface area contributed by atoms with Crippen LogP contribution in [0, 0.1) is 22.7 Å². The number of ether oxygens (including phenoxy) is 2. The molecule has 4 nitrogen and oxygen atoms in total. The van der Waals surface area contributed by atoms with Crippen LogP contribution in [0.1, 0.15) is 66.2 Å². The minimum Gasteiger partial charge on any atom is -0.462 e. The molecular weight excluding hydrogens is 388 g/mol. The van der Waals surface area contributed by atoms with E-state index < -0.39 is 10.8 Å². The highest BCUT2D eigenvalue weighted by Crippen LogP contribution is 2.99. The first kappa shape index (κ1) is 17.0. The fourth-order valence-electron chi connectivity index (χ4n) is 9.50. The van der Waals surface area contributed by atoms with Crippen molar-refractivity contribution < 1.29 is 19.1 Å². The van der Waals surface area contributed by atoms with Crippen LogP contribution in [-0.4, -0.2) is 24.1 Å². The second-order valence-electron chi connectivity index (χ2n) is 10.8. The van der Waals surface area contributed by atoms with Crippen molar-refractivity contribution in [1.82, 2.24) is 0 Å². The summed E-state index contributed by atoms with van der Waals surface area (Å²) in [5.74, 6) is 0.406. The van der Waals surface area contributed by atoms with E-state index in [4.69, 9.17) is 9.47 Å². The van der Waals surface area contributed by atoms with Crippen molar-refractivity contribution in [3.63, 3.8) is 0 Å². The van der Waals surface area contributed by atoms with Gasteiger partial charge in [-0.15, -0.1) is 0 Å². The van der Waals surface area contributed by atoms with Gasteiger partial charge in [-0.25, -0.2) is 0 Å². The molecular formula is C27H24O4. The second-order valence-corrected chi connectivity index (χ2v) is 10.8. The van der Waals surface area contributed by atoms with Gasteiger partial charge in [0.25, 0.3) is 0 Å². The van der Waals surface area contributed by atoms with Crippen LogP contribution in [0.3, 0.4) is 0 Å². The molecule has 0 N–H and O–H groups in total. The highest BCUT2D eigenvalue weighted by Gasteiger charge is 2.99. The van der Waals surface area contributed by atoms with Crippen LogP contribution < -0.4 is 0 Å². The second kappa shape index (κ2) is 4.90. The summed E-state index contributed by atoms with van der Waals surface area (Å²) in [6, 6.07) is 17.3. The van der Waals surface area contributed by atoms with E-state index in [-0.39, 0.29) is 59.7 Å². The van der Waals surface area contributed by atoms with Gasteiger partial charge in [0.2, 0.25) is 0 Å². The number of hydrogen-bond donors (Lipinski definition) is 0. The SMILES string of the molecule is C[C@@H]1C[C@@H](C)OC(=O)C23C4[C@@H]5c6ccccc6[C@H]2[C@H]2c6ccccc6[C@@H]5C4(C(=O)O1)C23. The van der Waals surface area contributed by atoms with Gasteiger partial charge in [0.15, 0.2) is 0 Å². The molecule has 2 bridgehead atoms. The lowest BCUT2D eigenvalue weighted by atomic mass is 9.09. The van der Waals surface area contributed by atoms with Crippen LogP contribution in [-0.2, 0) is 19.1 Å². The van der Waals surface area contributed by atoms with E-state index in [0.717, 1.165) is 0 Å². The highest BCUT2D eigenvalue weighted by atomic mass is 16.6. The van der Waals surface area contributed by atoms with Crippen LogP contribution in [0.2, 0.25) is 0 Å². The molecule has 2 aromatic rings. The van der Waals surface area contributed by atoms with Crippen molar-refractivity contribution in [3.05, 3.63) is 70.8 Å². The molecule has 0 aromatic heterocycles. The zero-order valence-electron chi connectivity index (χ0n) is 17.6. The van der Waals surface area contributed by atoms with E-state index in [1.807, 2.05) is 13.8 Å². The Balaban J connectivity index is 1.46. The summed E-state index contributed by atoms with van der Waals surface area (Å²) in [4.78, 5) is 27.8. The van der Waals surface area contributed by atoms with Gasteiger partial charge in [0.1, 0.15) is 12.2 Å². The quantitative estimate of drug-likeness (QED) is 0.607. The minimum absolute atomic E-state index is 0.00277. The first-order valence-electron chi connectivity index (χ1n) is 11.6. The summed E-state index contributed by atoms with van der Waals surface area (Å²) in [6.45, 7) is 3.85. The molecule has 5 fully saturated rings. The highest BCUT2D eigenvalue weighted by molar-refractivity contribution is 5.97. The molecule has 5 aliphatic carbocycles. The number of benzene rings is 2. The predicted molar refractivity (Wildman–Crippen MR) is 111 cm³/mol. The van der Waals surface area contributed by atoms with Crippen LogP contribution >= 0.6 is 0 Å². The van der Waals surface area contributed by atoms with E-state index in [9.17, 15) is 9.59 Å². The van der Waals surface area contributed by atoms with Crippen LogP contribution in [0.15, 0.2) is 48.5 Å². The van der Waals surface area contributed by atoms with Gasteiger partial charge >= 0.3 is 11.9 Å². The Kier molecular flexibility index (Phi) is 2.68. The van der Waals surface area contributed by atoms with Crippen molar-refractivity contribution >= 4 is 11.9 Å². The van der Waals surface area contributed by atoms with Gasteiger partial charge in [0, 0.05) is 30.1 Å². The standard InChI is InChI=1S/C27H24O4/c1-12-11-13(2)31-25(29)27-21-17-10-6-4-8-15(17)18-20-16-9-5-3-7-14(16)19(21)23(27)26(20,22(18)27)24(28)30-12/h3-10,12-13,18-23H,11H2,1-2H3/t12-,13-,18-,19-,20+,21+,22?,23?,26?,27?/m1/s1. The lowest BCUT2D eigenvalue weighted by molar-refractivity contribution is -0.365. The molecule has 31 heavy (non-hydrogen) atoms. The molecule has 2 spiro atoms. The molecule has 0 radical (unpaired) electrons. The van der Waals surface area contributed by atoms with Gasteiger partial charge in [-0.3, -0.25) is 9.59 Å². The molecule has 2 aliphatic heterocycles. The van der Waals surface area contributed by atoms with Gasteiger partial charge < -0.3 is 9.47 Å². The fourth-order valence-corrected chi connectivity index (χ4v) is 9.50. The fraction of sp³-hybridized carbons (Fsp3) is 0.481. The molecule has 3 saturated carbocycles. The largest absolute Gasteiger partial charge is 0.462 e. The van der Waals surface area contributed by atoms with Crippen LogP contribution in [0.25, 0.3) is 0 Å². The average Bonchev–Trinajstić information content (AvgIpc) is 2.68. The third-order valence-corrected chi connectivity index (χ3v) is 9.89. The van der Waals surface area contributed by atoms with E-state index >= 15 is 0 Å². The summed E-state index contributed by atoms with van der Waals surface area (Å²) in [7, 11) is 0. The first-order valence-corrected chi connectivity index (χ1v) is 11.6. The number of carbonyl (C=O) groups is 2. The molecule has 4 heteroatoms. The summed E-state index contributed by atoms with van der Waals surface area (Å²) in [6.07, 6.45) is 0.0450. The topological polar surface area (TPSA) is 52.6 Å². The van der Waals surface area contributed by atoms with Crippen molar-refractivity contribution in [3.8, 4) is 0 Å². The summed E-state index contributed by atoms with van der Waals surface area (Å²) >= 11 is 0. The molecule has 0 amide bonds. The average molecular weight is 412 g/mol. The van der Waals surface area contributed by atoms with Gasteiger partial charge in [-0.1, -0.05) is 48.5 Å². The Bertz CT molecular complexity index is 1110. The Hall–Kier alpha value is -2.62. The summed E-state index contributed by atoms with van der Waals surface area (Å²) in [5, 5.41) is 0. The van der Waals surface area contributed by atoms with Gasteiger partial charge in [-0.2, -0.15) is 0 Å². The normalized spacial score (nSPS) is 49.1. The molecule has 2 saturated heterocycles. The van der Waals surface area contributed by atoms with Crippen LogP contribution in [0.4, 0.5) is 0 Å². The maximum Gasteiger partial charge on any atom is 0.313 e. The lowest BCUT2D eigenvalue weighted by Gasteiger charge is -2.90. The number of rotatable bonds is 0. The number of carbonyl (C=O) groups excluding carboxylic acids is 2. The summed E-state index contributed by atoms with van der Waals surface area (Å²) in [5.41, 5.74) is 4.15. The zero-order chi connectivity index (χ0) is 20.9. The van der Waals surface area contributed by atoms with Crippen molar-refractivity contribution in [2.24, 2.45) is 22.7 Å². The Morgan fingerprint density at radius 3 is 1.48 bits per heavy atom. The molecule has 9 rings (SSSR count). The maximum atomic E-state index is 13.9. The Labute approximate surface area is 180 Å². The number of hydrogen-bond acceptors (Lipinski definition) is 4. The number of fused-ring (bicyclic) bond motifs is 14. The van der Waals surface area contributed by atoms with Gasteiger partial charge in [0.05, 0.1) is 10.8 Å². The zero-order valence-corrected chi connectivity index (χ0v) is 17.6. The van der Waals surface area contributed by atoms with Crippen molar-refractivity contribution in [2.75, 3.05) is 0 Å². The van der Waals surface area contributed by atoms with E-state index in [2.05, 4.69) is 48.5 Å². The third-order valence-electron chi connectivity index (χ3n) is 9.89. The molecule has 2 aromatic carbocycles. The summed E-state index contributed by atoms with van der Waals surface area (Å²) < 4.78 is 12.2. The third kappa shape index (κ3) is 1.42. The Morgan fingerprint density at radius 2 is 1.06 bits per heavy atom. The molecule has 0 unspecified atom stereocenters. The van der Waals surface area contributed by atoms with E-state index in [1.165, 1.54) is 22.3 Å². The molecule has 6 atom stereocenters. The predicted octanol–water partition coefficient (Wildman–Crippen LogP) is 4.26. The van der Waals surface area contributed by atoms with Gasteiger partial charge in [-0.05, 0) is 47.9 Å². The smallest absolute Gasteiger partial charge is 0.313 e. The molecule has 2 heterocycles. The molecule has 156 valence electrons. The lowest BCUT2D eigenvalue weighted by Crippen LogP contribution is -2.91. The van der Waals surface area contributed by atoms with E-state index in [0.29, 0.717) is 6.42 Å². The minimum atomic E-state index is -0.568. The van der Waals surface area contributed by atoms with Crippen LogP contribution in [0.5, 0.6) is 0 Å². The number of esters is 2. The van der Waals surface area contributed by atoms with Crippen molar-refractivity contribution in [2.45, 2.75) is 56.1 Å². The van der Waals surface area contributed by atoms with E-state index in [1.54, 1.807) is 0 Å². The monoisotopic (exact) mass is 412 g/mol. The maximum absolute atomic E-state index is 13.9. The molecule has 7 aliphatic rings. The van der Waals surface area contributed by atoms with Crippen molar-refractivity contribution in [1.29, 1.82) is 0 Å².